The predicted molar refractivity (Wildman–Crippen MR) is 101 cm³/mol. The maximum atomic E-state index is 13.5. The molecule has 1 saturated heterocycles. The van der Waals surface area contributed by atoms with E-state index >= 15 is 0 Å². The van der Waals surface area contributed by atoms with E-state index in [-0.39, 0.29) is 47.2 Å². The number of amides is 1. The van der Waals surface area contributed by atoms with E-state index in [1.165, 1.54) is 12.1 Å². The van der Waals surface area contributed by atoms with Crippen molar-refractivity contribution in [2.75, 3.05) is 32.9 Å². The molecular weight excluding hydrogens is 439 g/mol. The van der Waals surface area contributed by atoms with Crippen LogP contribution in [0.3, 0.4) is 0 Å². The van der Waals surface area contributed by atoms with E-state index in [0.29, 0.717) is 19.8 Å². The number of nitrogens with zero attached hydrogens (tertiary/aromatic N) is 4. The lowest BCUT2D eigenvalue weighted by molar-refractivity contribution is -0.126. The summed E-state index contributed by atoms with van der Waals surface area (Å²) in [5, 5.41) is 16.6. The highest BCUT2D eigenvalue weighted by molar-refractivity contribution is 6.30. The second-order valence-corrected chi connectivity index (χ2v) is 6.75. The Morgan fingerprint density at radius 1 is 1.39 bits per heavy atom. The van der Waals surface area contributed by atoms with Crippen molar-refractivity contribution in [2.45, 2.75) is 6.04 Å². The predicted octanol–water partition coefficient (Wildman–Crippen LogP) is 0.151. The second kappa shape index (κ2) is 9.24. The first kappa shape index (κ1) is 21.0. The molecule has 1 aromatic carbocycles. The molecule has 0 spiro atoms. The number of rotatable bonds is 7. The Balaban J connectivity index is 1.45. The van der Waals surface area contributed by atoms with Gasteiger partial charge in [0.2, 0.25) is 17.4 Å². The number of hydrogen-bond donors (Lipinski definition) is 2. The first-order valence-electron chi connectivity index (χ1n) is 9.13. The van der Waals surface area contributed by atoms with Gasteiger partial charge in [-0.15, -0.1) is 0 Å². The highest BCUT2D eigenvalue weighted by Crippen LogP contribution is 2.27. The largest absolute Gasteiger partial charge is 0.472 e. The standard InChI is InChI=1S/C17H16ClFN6O6/c18-10-7-9(1-2-11(10)19)25-14(23-30-17(25)27)13-16(24-31-22-13)29-6-4-21-15(26)12-8-28-5-3-20-12/h1-2,7,12,20H,3-6,8H2,(H,21,26). The topological polar surface area (TPSA) is 147 Å². The number of carbonyl (C=O) groups excluding carboxylic acids is 1. The highest BCUT2D eigenvalue weighted by Gasteiger charge is 2.25. The molecule has 0 saturated carbocycles. The highest BCUT2D eigenvalue weighted by atomic mass is 35.5. The molecule has 1 amide bonds. The number of aromatic nitrogens is 4. The van der Waals surface area contributed by atoms with E-state index in [1.807, 2.05) is 0 Å². The fourth-order valence-corrected chi connectivity index (χ4v) is 3.02. The van der Waals surface area contributed by atoms with Crippen LogP contribution >= 0.6 is 11.6 Å². The minimum Gasteiger partial charge on any atom is -0.472 e. The molecule has 0 bridgehead atoms. The van der Waals surface area contributed by atoms with E-state index in [9.17, 15) is 14.0 Å². The number of benzene rings is 1. The molecule has 1 fully saturated rings. The molecule has 1 aliphatic heterocycles. The fourth-order valence-electron chi connectivity index (χ4n) is 2.84. The van der Waals surface area contributed by atoms with E-state index in [4.69, 9.17) is 30.2 Å². The van der Waals surface area contributed by atoms with Crippen molar-refractivity contribution in [3.05, 3.63) is 39.6 Å². The zero-order valence-corrected chi connectivity index (χ0v) is 16.6. The average Bonchev–Trinajstić information content (AvgIpc) is 3.39. The summed E-state index contributed by atoms with van der Waals surface area (Å²) in [6.45, 7) is 1.65. The Hall–Kier alpha value is -3.29. The molecule has 1 aliphatic rings. The molecule has 2 aromatic heterocycles. The van der Waals surface area contributed by atoms with Gasteiger partial charge >= 0.3 is 5.76 Å². The van der Waals surface area contributed by atoms with Crippen LogP contribution in [-0.2, 0) is 9.53 Å². The number of hydrogen-bond acceptors (Lipinski definition) is 10. The van der Waals surface area contributed by atoms with Crippen LogP contribution in [0.4, 0.5) is 4.39 Å². The number of nitrogens with one attached hydrogen (secondary N) is 2. The second-order valence-electron chi connectivity index (χ2n) is 6.35. The molecule has 3 aromatic rings. The molecular formula is C17H16ClFN6O6. The molecule has 2 N–H and O–H groups in total. The normalized spacial score (nSPS) is 16.3. The van der Waals surface area contributed by atoms with E-state index in [1.54, 1.807) is 0 Å². The first-order valence-corrected chi connectivity index (χ1v) is 9.51. The van der Waals surface area contributed by atoms with Crippen molar-refractivity contribution in [3.63, 3.8) is 0 Å². The molecule has 0 aliphatic carbocycles. The summed E-state index contributed by atoms with van der Waals surface area (Å²) in [4.78, 5) is 24.2. The maximum Gasteiger partial charge on any atom is 0.446 e. The van der Waals surface area contributed by atoms with Crippen LogP contribution in [-0.4, -0.2) is 64.9 Å². The molecule has 3 heterocycles. The fraction of sp³-hybridized carbons (Fsp3) is 0.353. The third kappa shape index (κ3) is 4.57. The van der Waals surface area contributed by atoms with Gasteiger partial charge in [-0.05, 0) is 28.5 Å². The van der Waals surface area contributed by atoms with Crippen LogP contribution < -0.4 is 21.1 Å². The van der Waals surface area contributed by atoms with Crippen molar-refractivity contribution in [1.82, 2.24) is 30.7 Å². The molecule has 14 heteroatoms. The lowest BCUT2D eigenvalue weighted by Gasteiger charge is -2.22. The molecule has 12 nitrogen and oxygen atoms in total. The number of ether oxygens (including phenoxy) is 2. The smallest absolute Gasteiger partial charge is 0.446 e. The van der Waals surface area contributed by atoms with E-state index in [2.05, 4.69) is 26.1 Å². The van der Waals surface area contributed by atoms with Gasteiger partial charge in [-0.3, -0.25) is 9.32 Å². The van der Waals surface area contributed by atoms with Gasteiger partial charge in [0.25, 0.3) is 5.88 Å². The molecule has 1 unspecified atom stereocenters. The number of halogens is 2. The van der Waals surface area contributed by atoms with Gasteiger partial charge in [0.15, 0.2) is 0 Å². The Morgan fingerprint density at radius 3 is 3.03 bits per heavy atom. The molecule has 164 valence electrons. The van der Waals surface area contributed by atoms with Crippen molar-refractivity contribution < 1.29 is 27.8 Å². The van der Waals surface area contributed by atoms with Crippen LogP contribution in [0.25, 0.3) is 17.2 Å². The summed E-state index contributed by atoms with van der Waals surface area (Å²) in [5.74, 6) is -1.90. The minimum atomic E-state index is -0.860. The molecule has 0 radical (unpaired) electrons. The SMILES string of the molecule is O=C(NCCOc1nonc1-c1noc(=O)n1-c1ccc(F)c(Cl)c1)C1COCCN1. The average molecular weight is 455 g/mol. The lowest BCUT2D eigenvalue weighted by atomic mass is 10.2. The third-order valence-electron chi connectivity index (χ3n) is 4.31. The van der Waals surface area contributed by atoms with Crippen molar-refractivity contribution >= 4 is 17.5 Å². The van der Waals surface area contributed by atoms with Gasteiger partial charge in [-0.25, -0.2) is 18.4 Å². The van der Waals surface area contributed by atoms with Crippen LogP contribution in [0, 0.1) is 5.82 Å². The lowest BCUT2D eigenvalue weighted by Crippen LogP contribution is -2.51. The van der Waals surface area contributed by atoms with E-state index < -0.39 is 17.6 Å². The zero-order valence-electron chi connectivity index (χ0n) is 15.8. The summed E-state index contributed by atoms with van der Waals surface area (Å²) < 4.78 is 34.6. The number of carbonyl (C=O) groups is 1. The quantitative estimate of drug-likeness (QED) is 0.473. The Labute approximate surface area is 178 Å². The summed E-state index contributed by atoms with van der Waals surface area (Å²) in [5.41, 5.74) is 0.163. The summed E-state index contributed by atoms with van der Waals surface area (Å²) in [6, 6.07) is 3.21. The van der Waals surface area contributed by atoms with Gasteiger partial charge in [0.1, 0.15) is 18.5 Å². The Morgan fingerprint density at radius 2 is 2.26 bits per heavy atom. The Bertz CT molecular complexity index is 1120. The number of morpholine rings is 1. The summed E-state index contributed by atoms with van der Waals surface area (Å²) >= 11 is 5.80. The zero-order chi connectivity index (χ0) is 21.8. The van der Waals surface area contributed by atoms with E-state index in [0.717, 1.165) is 10.6 Å². The maximum absolute atomic E-state index is 13.5. The molecule has 4 rings (SSSR count). The molecule has 31 heavy (non-hydrogen) atoms. The Kier molecular flexibility index (Phi) is 6.25. The first-order chi connectivity index (χ1) is 15.0. The van der Waals surface area contributed by atoms with Gasteiger partial charge in [0, 0.05) is 6.54 Å². The van der Waals surface area contributed by atoms with Gasteiger partial charge in [0.05, 0.1) is 30.5 Å². The van der Waals surface area contributed by atoms with Crippen LogP contribution in [0.5, 0.6) is 5.88 Å². The summed E-state index contributed by atoms with van der Waals surface area (Å²) in [6.07, 6.45) is 0. The van der Waals surface area contributed by atoms with Gasteiger partial charge in [-0.2, -0.15) is 0 Å². The van der Waals surface area contributed by atoms with Crippen LogP contribution in [0.15, 0.2) is 32.1 Å². The van der Waals surface area contributed by atoms with Crippen molar-refractivity contribution in [1.29, 1.82) is 0 Å². The van der Waals surface area contributed by atoms with Gasteiger partial charge < -0.3 is 20.1 Å². The van der Waals surface area contributed by atoms with Crippen molar-refractivity contribution in [3.8, 4) is 23.1 Å². The van der Waals surface area contributed by atoms with Crippen LogP contribution in [0.1, 0.15) is 0 Å². The van der Waals surface area contributed by atoms with Crippen LogP contribution in [0.2, 0.25) is 5.02 Å². The van der Waals surface area contributed by atoms with Gasteiger partial charge in [-0.1, -0.05) is 16.8 Å². The molecule has 1 atom stereocenters. The van der Waals surface area contributed by atoms with Crippen molar-refractivity contribution in [2.24, 2.45) is 0 Å². The monoisotopic (exact) mass is 454 g/mol. The minimum absolute atomic E-state index is 0.0278. The third-order valence-corrected chi connectivity index (χ3v) is 4.60. The summed E-state index contributed by atoms with van der Waals surface area (Å²) in [7, 11) is 0.